The maximum absolute atomic E-state index is 12.4. The van der Waals surface area contributed by atoms with E-state index in [4.69, 9.17) is 0 Å². The fourth-order valence-corrected chi connectivity index (χ4v) is 4.94. The Morgan fingerprint density at radius 2 is 2.00 bits per heavy atom. The topological polar surface area (TPSA) is 66.4 Å². The fourth-order valence-electron chi connectivity index (χ4n) is 2.75. The molecule has 21 heavy (non-hydrogen) atoms. The van der Waals surface area contributed by atoms with E-state index in [1.165, 1.54) is 11.3 Å². The Morgan fingerprint density at radius 1 is 1.24 bits per heavy atom. The molecule has 2 heterocycles. The molecule has 1 amide bonds. The highest BCUT2D eigenvalue weighted by Gasteiger charge is 2.27. The Labute approximate surface area is 130 Å². The first-order valence-corrected chi connectivity index (χ1v) is 8.37. The lowest BCUT2D eigenvalue weighted by Crippen LogP contribution is -2.14. The molecule has 2 N–H and O–H groups in total. The number of amides is 1. The Hall–Kier alpha value is -1.66. The Morgan fingerprint density at radius 3 is 2.62 bits per heavy atom. The van der Waals surface area contributed by atoms with Crippen LogP contribution in [0.15, 0.2) is 6.07 Å². The molecule has 2 aromatic rings. The number of hydrogen-bond donors (Lipinski definition) is 2. The second-order valence-corrected chi connectivity index (χ2v) is 7.71. The van der Waals surface area contributed by atoms with Gasteiger partial charge >= 0.3 is 5.97 Å². The van der Waals surface area contributed by atoms with Crippen LogP contribution in [0.3, 0.4) is 0 Å². The summed E-state index contributed by atoms with van der Waals surface area (Å²) in [7, 11) is 0. The molecule has 1 aliphatic rings. The van der Waals surface area contributed by atoms with E-state index in [-0.39, 0.29) is 11.5 Å². The van der Waals surface area contributed by atoms with E-state index in [2.05, 4.69) is 5.32 Å². The van der Waals surface area contributed by atoms with Gasteiger partial charge < -0.3 is 10.4 Å². The molecule has 6 heteroatoms. The van der Waals surface area contributed by atoms with Gasteiger partial charge in [-0.15, -0.1) is 22.7 Å². The number of thiophene rings is 2. The normalized spacial score (nSPS) is 13.2. The van der Waals surface area contributed by atoms with Crippen molar-refractivity contribution in [2.75, 3.05) is 5.32 Å². The van der Waals surface area contributed by atoms with E-state index in [1.807, 2.05) is 19.9 Å². The van der Waals surface area contributed by atoms with Crippen molar-refractivity contribution in [3.8, 4) is 0 Å². The van der Waals surface area contributed by atoms with Crippen molar-refractivity contribution in [2.24, 2.45) is 0 Å². The van der Waals surface area contributed by atoms with E-state index < -0.39 is 5.97 Å². The first-order chi connectivity index (χ1) is 9.97. The van der Waals surface area contributed by atoms with Gasteiger partial charge in [0.2, 0.25) is 0 Å². The summed E-state index contributed by atoms with van der Waals surface area (Å²) in [5.41, 5.74) is 1.81. The SMILES string of the molecule is Cc1cc(C(=O)Nc2sc3c(c2C(=O)O)CCC3)c(C)s1. The van der Waals surface area contributed by atoms with Crippen molar-refractivity contribution >= 4 is 39.6 Å². The van der Waals surface area contributed by atoms with Gasteiger partial charge in [-0.1, -0.05) is 0 Å². The van der Waals surface area contributed by atoms with E-state index in [9.17, 15) is 14.7 Å². The first kappa shape index (κ1) is 14.3. The molecule has 110 valence electrons. The predicted octanol–water partition coefficient (Wildman–Crippen LogP) is 3.87. The Kier molecular flexibility index (Phi) is 3.59. The van der Waals surface area contributed by atoms with Crippen molar-refractivity contribution in [3.63, 3.8) is 0 Å². The highest BCUT2D eigenvalue weighted by atomic mass is 32.1. The summed E-state index contributed by atoms with van der Waals surface area (Å²) in [4.78, 5) is 27.0. The van der Waals surface area contributed by atoms with Crippen LogP contribution in [0.2, 0.25) is 0 Å². The molecule has 0 atom stereocenters. The third-order valence-electron chi connectivity index (χ3n) is 3.65. The van der Waals surface area contributed by atoms with Crippen molar-refractivity contribution < 1.29 is 14.7 Å². The summed E-state index contributed by atoms with van der Waals surface area (Å²) < 4.78 is 0. The summed E-state index contributed by atoms with van der Waals surface area (Å²) >= 11 is 2.97. The van der Waals surface area contributed by atoms with Crippen LogP contribution < -0.4 is 5.32 Å². The molecule has 0 fully saturated rings. The van der Waals surface area contributed by atoms with Crippen LogP contribution in [0.4, 0.5) is 5.00 Å². The molecular weight excluding hydrogens is 306 g/mol. The van der Waals surface area contributed by atoms with Gasteiger partial charge in [0.25, 0.3) is 5.91 Å². The number of carbonyl (C=O) groups is 2. The highest BCUT2D eigenvalue weighted by molar-refractivity contribution is 7.17. The first-order valence-electron chi connectivity index (χ1n) is 6.73. The van der Waals surface area contributed by atoms with Crippen molar-refractivity contribution in [1.29, 1.82) is 0 Å². The maximum Gasteiger partial charge on any atom is 0.339 e. The Balaban J connectivity index is 1.94. The number of anilines is 1. The number of aryl methyl sites for hydroxylation is 3. The second kappa shape index (κ2) is 5.27. The summed E-state index contributed by atoms with van der Waals surface area (Å²) in [6.45, 7) is 3.86. The van der Waals surface area contributed by atoms with Crippen LogP contribution in [0.1, 0.15) is 47.3 Å². The minimum absolute atomic E-state index is 0.223. The minimum atomic E-state index is -0.956. The number of fused-ring (bicyclic) bond motifs is 1. The number of nitrogens with one attached hydrogen (secondary N) is 1. The zero-order valence-electron chi connectivity index (χ0n) is 11.8. The molecule has 0 aromatic carbocycles. The Bertz CT molecular complexity index is 742. The number of hydrogen-bond acceptors (Lipinski definition) is 4. The van der Waals surface area contributed by atoms with Crippen molar-refractivity contribution in [1.82, 2.24) is 0 Å². The third kappa shape index (κ3) is 2.49. The lowest BCUT2D eigenvalue weighted by atomic mass is 10.1. The van der Waals surface area contributed by atoms with Gasteiger partial charge in [0, 0.05) is 14.6 Å². The summed E-state index contributed by atoms with van der Waals surface area (Å²) in [5.74, 6) is -1.18. The molecule has 0 unspecified atom stereocenters. The maximum atomic E-state index is 12.4. The van der Waals surface area contributed by atoms with Crippen LogP contribution in [0.5, 0.6) is 0 Å². The van der Waals surface area contributed by atoms with E-state index in [0.29, 0.717) is 10.6 Å². The van der Waals surface area contributed by atoms with E-state index in [1.54, 1.807) is 11.3 Å². The van der Waals surface area contributed by atoms with Gasteiger partial charge in [0.05, 0.1) is 11.1 Å². The minimum Gasteiger partial charge on any atom is -0.478 e. The molecule has 1 aliphatic carbocycles. The smallest absolute Gasteiger partial charge is 0.339 e. The summed E-state index contributed by atoms with van der Waals surface area (Å²) in [6, 6.07) is 1.84. The summed E-state index contributed by atoms with van der Waals surface area (Å²) in [6.07, 6.45) is 2.70. The molecule has 0 saturated heterocycles. The van der Waals surface area contributed by atoms with Crippen LogP contribution in [-0.2, 0) is 12.8 Å². The lowest BCUT2D eigenvalue weighted by molar-refractivity contribution is 0.0697. The van der Waals surface area contributed by atoms with Gasteiger partial charge in [-0.3, -0.25) is 4.79 Å². The molecule has 2 aromatic heterocycles. The van der Waals surface area contributed by atoms with Crippen LogP contribution in [-0.4, -0.2) is 17.0 Å². The van der Waals surface area contributed by atoms with Gasteiger partial charge in [-0.2, -0.15) is 0 Å². The zero-order chi connectivity index (χ0) is 15.1. The molecule has 3 rings (SSSR count). The molecule has 0 spiro atoms. The quantitative estimate of drug-likeness (QED) is 0.902. The van der Waals surface area contributed by atoms with Gasteiger partial charge in [0.1, 0.15) is 5.00 Å². The largest absolute Gasteiger partial charge is 0.478 e. The van der Waals surface area contributed by atoms with Gasteiger partial charge in [0.15, 0.2) is 0 Å². The average molecular weight is 321 g/mol. The van der Waals surface area contributed by atoms with E-state index in [0.717, 1.165) is 39.5 Å². The van der Waals surface area contributed by atoms with Gasteiger partial charge in [-0.05, 0) is 44.7 Å². The predicted molar refractivity (Wildman–Crippen MR) is 85.0 cm³/mol. The molecule has 0 bridgehead atoms. The lowest BCUT2D eigenvalue weighted by Gasteiger charge is -2.05. The number of rotatable bonds is 3. The summed E-state index contributed by atoms with van der Waals surface area (Å²) in [5, 5.41) is 12.7. The van der Waals surface area contributed by atoms with Crippen molar-refractivity contribution in [3.05, 3.63) is 37.4 Å². The molecule has 0 saturated carbocycles. The van der Waals surface area contributed by atoms with Crippen LogP contribution in [0, 0.1) is 13.8 Å². The monoisotopic (exact) mass is 321 g/mol. The van der Waals surface area contributed by atoms with Gasteiger partial charge in [-0.25, -0.2) is 4.79 Å². The van der Waals surface area contributed by atoms with Crippen LogP contribution in [0.25, 0.3) is 0 Å². The zero-order valence-corrected chi connectivity index (χ0v) is 13.4. The van der Waals surface area contributed by atoms with Crippen LogP contribution >= 0.6 is 22.7 Å². The number of carboxylic acid groups (broad SMARTS) is 1. The fraction of sp³-hybridized carbons (Fsp3) is 0.333. The molecule has 0 aliphatic heterocycles. The molecule has 4 nitrogen and oxygen atoms in total. The third-order valence-corrected chi connectivity index (χ3v) is 5.82. The number of aromatic carboxylic acids is 1. The van der Waals surface area contributed by atoms with Crippen molar-refractivity contribution in [2.45, 2.75) is 33.1 Å². The number of carbonyl (C=O) groups excluding carboxylic acids is 1. The number of carboxylic acids is 1. The molecular formula is C15H15NO3S2. The highest BCUT2D eigenvalue weighted by Crippen LogP contribution is 2.39. The molecule has 0 radical (unpaired) electrons. The average Bonchev–Trinajstić information content (AvgIpc) is 3.02. The standard InChI is InChI=1S/C15H15NO3S2/c1-7-6-10(8(2)20-7)13(17)16-14-12(15(18)19)9-4-3-5-11(9)21-14/h6H,3-5H2,1-2H3,(H,16,17)(H,18,19). The van der Waals surface area contributed by atoms with E-state index >= 15 is 0 Å². The second-order valence-electron chi connectivity index (χ2n) is 5.15.